The van der Waals surface area contributed by atoms with E-state index >= 15 is 0 Å². The highest BCUT2D eigenvalue weighted by molar-refractivity contribution is 5.99. The van der Waals surface area contributed by atoms with Crippen molar-refractivity contribution in [3.05, 3.63) is 36.0 Å². The van der Waals surface area contributed by atoms with Crippen LogP contribution >= 0.6 is 0 Å². The summed E-state index contributed by atoms with van der Waals surface area (Å²) in [6, 6.07) is 10.00. The van der Waals surface area contributed by atoms with E-state index in [0.717, 1.165) is 42.5 Å². The Labute approximate surface area is 107 Å². The first-order chi connectivity index (χ1) is 8.83. The molecule has 3 rings (SSSR count). The first-order valence-electron chi connectivity index (χ1n) is 6.64. The summed E-state index contributed by atoms with van der Waals surface area (Å²) in [6.07, 6.45) is 2.91. The topological polar surface area (TPSA) is 44.9 Å². The number of hydrogen-bond acceptors (Lipinski definition) is 2. The third-order valence-corrected chi connectivity index (χ3v) is 3.76. The monoisotopic (exact) mass is 242 g/mol. The first-order valence-corrected chi connectivity index (χ1v) is 6.64. The van der Waals surface area contributed by atoms with Gasteiger partial charge in [0.05, 0.1) is 5.69 Å². The van der Waals surface area contributed by atoms with Crippen LogP contribution in [0.2, 0.25) is 0 Å². The Hall–Kier alpha value is -1.61. The van der Waals surface area contributed by atoms with Gasteiger partial charge in [-0.05, 0) is 44.0 Å². The van der Waals surface area contributed by atoms with Crippen molar-refractivity contribution in [2.75, 3.05) is 13.1 Å². The minimum Gasteiger partial charge on any atom is -0.352 e. The molecule has 2 aromatic rings. The van der Waals surface area contributed by atoms with Gasteiger partial charge in [0.2, 0.25) is 0 Å². The largest absolute Gasteiger partial charge is 0.352 e. The number of H-pyrrole nitrogens is 1. The molecule has 0 atom stereocenters. The smallest absolute Gasteiger partial charge is 0.179 e. The van der Waals surface area contributed by atoms with E-state index < -0.39 is 0 Å². The molecule has 1 aromatic heterocycles. The lowest BCUT2D eigenvalue weighted by atomic mass is 9.92. The predicted octanol–water partition coefficient (Wildman–Crippen LogP) is 2.74. The fourth-order valence-electron chi connectivity index (χ4n) is 2.68. The number of aromatic nitrogens is 1. The van der Waals surface area contributed by atoms with Gasteiger partial charge in [-0.2, -0.15) is 0 Å². The summed E-state index contributed by atoms with van der Waals surface area (Å²) < 4.78 is 0. The highest BCUT2D eigenvalue weighted by Crippen LogP contribution is 2.21. The summed E-state index contributed by atoms with van der Waals surface area (Å²) in [5, 5.41) is 4.45. The summed E-state index contributed by atoms with van der Waals surface area (Å²) >= 11 is 0. The number of aromatic amines is 1. The van der Waals surface area contributed by atoms with E-state index in [1.54, 1.807) is 0 Å². The Bertz CT molecular complexity index is 519. The Balaban J connectivity index is 1.74. The van der Waals surface area contributed by atoms with Crippen LogP contribution in [0.4, 0.5) is 0 Å². The Kier molecular flexibility index (Phi) is 3.15. The molecule has 94 valence electrons. The molecule has 0 unspecified atom stereocenters. The minimum absolute atomic E-state index is 0.248. The molecule has 3 heteroatoms. The lowest BCUT2D eigenvalue weighted by Gasteiger charge is -2.21. The van der Waals surface area contributed by atoms with Gasteiger partial charge >= 0.3 is 0 Å². The number of carbonyl (C=O) groups excluding carboxylic acids is 1. The number of para-hydroxylation sites is 1. The zero-order valence-corrected chi connectivity index (χ0v) is 10.4. The van der Waals surface area contributed by atoms with Crippen molar-refractivity contribution in [3.8, 4) is 0 Å². The number of benzene rings is 1. The summed E-state index contributed by atoms with van der Waals surface area (Å²) in [4.78, 5) is 15.5. The number of hydrogen-bond donors (Lipinski definition) is 2. The minimum atomic E-state index is 0.248. The van der Waals surface area contributed by atoms with Crippen LogP contribution in [0.15, 0.2) is 30.3 Å². The quantitative estimate of drug-likeness (QED) is 0.813. The highest BCUT2D eigenvalue weighted by Gasteiger charge is 2.18. The summed E-state index contributed by atoms with van der Waals surface area (Å²) in [7, 11) is 0. The molecule has 0 radical (unpaired) electrons. The molecule has 0 amide bonds. The second-order valence-electron chi connectivity index (χ2n) is 5.09. The van der Waals surface area contributed by atoms with Crippen LogP contribution in [-0.2, 0) is 0 Å². The number of carbonyl (C=O) groups is 1. The zero-order chi connectivity index (χ0) is 12.4. The van der Waals surface area contributed by atoms with Gasteiger partial charge in [-0.25, -0.2) is 0 Å². The van der Waals surface area contributed by atoms with Crippen molar-refractivity contribution in [3.63, 3.8) is 0 Å². The van der Waals surface area contributed by atoms with Crippen LogP contribution in [0, 0.1) is 5.92 Å². The molecule has 0 saturated carbocycles. The van der Waals surface area contributed by atoms with E-state index in [2.05, 4.69) is 10.3 Å². The van der Waals surface area contributed by atoms with E-state index in [4.69, 9.17) is 0 Å². The van der Waals surface area contributed by atoms with Crippen LogP contribution in [0.1, 0.15) is 29.8 Å². The second-order valence-corrected chi connectivity index (χ2v) is 5.09. The summed E-state index contributed by atoms with van der Waals surface area (Å²) in [5.74, 6) is 0.795. The molecule has 0 spiro atoms. The molecule has 1 aliphatic heterocycles. The highest BCUT2D eigenvalue weighted by atomic mass is 16.1. The molecule has 1 saturated heterocycles. The summed E-state index contributed by atoms with van der Waals surface area (Å²) in [6.45, 7) is 2.09. The molecule has 3 nitrogen and oxygen atoms in total. The molecular weight excluding hydrogens is 224 g/mol. The SMILES string of the molecule is O=C(CC1CCNCC1)c1cc2ccccc2[nH]1. The molecular formula is C15H18N2O. The van der Waals surface area contributed by atoms with Crippen LogP contribution < -0.4 is 5.32 Å². The maximum Gasteiger partial charge on any atom is 0.179 e. The van der Waals surface area contributed by atoms with Crippen molar-refractivity contribution in [2.45, 2.75) is 19.3 Å². The zero-order valence-electron chi connectivity index (χ0n) is 10.4. The van der Waals surface area contributed by atoms with E-state index in [-0.39, 0.29) is 5.78 Å². The van der Waals surface area contributed by atoms with E-state index in [1.807, 2.05) is 30.3 Å². The number of ketones is 1. The first kappa shape index (κ1) is 11.5. The van der Waals surface area contributed by atoms with Crippen molar-refractivity contribution in [2.24, 2.45) is 5.92 Å². The third-order valence-electron chi connectivity index (χ3n) is 3.76. The predicted molar refractivity (Wildman–Crippen MR) is 72.8 cm³/mol. The van der Waals surface area contributed by atoms with Crippen LogP contribution in [0.25, 0.3) is 10.9 Å². The molecule has 0 bridgehead atoms. The van der Waals surface area contributed by atoms with Crippen LogP contribution in [0.5, 0.6) is 0 Å². The fourth-order valence-corrected chi connectivity index (χ4v) is 2.68. The van der Waals surface area contributed by atoms with Crippen molar-refractivity contribution in [1.29, 1.82) is 0 Å². The van der Waals surface area contributed by atoms with Crippen molar-refractivity contribution in [1.82, 2.24) is 10.3 Å². The normalized spacial score (nSPS) is 17.1. The van der Waals surface area contributed by atoms with E-state index in [0.29, 0.717) is 12.3 Å². The van der Waals surface area contributed by atoms with E-state index in [1.165, 1.54) is 0 Å². The molecule has 18 heavy (non-hydrogen) atoms. The van der Waals surface area contributed by atoms with Gasteiger partial charge < -0.3 is 10.3 Å². The van der Waals surface area contributed by atoms with E-state index in [9.17, 15) is 4.79 Å². The number of fused-ring (bicyclic) bond motifs is 1. The van der Waals surface area contributed by atoms with Gasteiger partial charge in [0.15, 0.2) is 5.78 Å². The van der Waals surface area contributed by atoms with Crippen molar-refractivity contribution >= 4 is 16.7 Å². The molecule has 1 aliphatic rings. The Morgan fingerprint density at radius 3 is 2.78 bits per heavy atom. The standard InChI is InChI=1S/C15H18N2O/c18-15(9-11-5-7-16-8-6-11)14-10-12-3-1-2-4-13(12)17-14/h1-4,10-11,16-17H,5-9H2. The molecule has 2 N–H and O–H groups in total. The van der Waals surface area contributed by atoms with Gasteiger partial charge in [-0.15, -0.1) is 0 Å². The molecule has 1 fully saturated rings. The summed E-state index contributed by atoms with van der Waals surface area (Å²) in [5.41, 5.74) is 1.81. The molecule has 2 heterocycles. The number of piperidine rings is 1. The van der Waals surface area contributed by atoms with Crippen LogP contribution in [0.3, 0.4) is 0 Å². The maximum atomic E-state index is 12.2. The maximum absolute atomic E-state index is 12.2. The van der Waals surface area contributed by atoms with Gasteiger partial charge in [0.1, 0.15) is 0 Å². The third kappa shape index (κ3) is 2.31. The lowest BCUT2D eigenvalue weighted by molar-refractivity contribution is 0.0948. The lowest BCUT2D eigenvalue weighted by Crippen LogP contribution is -2.28. The Morgan fingerprint density at radius 1 is 1.22 bits per heavy atom. The number of nitrogens with one attached hydrogen (secondary N) is 2. The van der Waals surface area contributed by atoms with Crippen molar-refractivity contribution < 1.29 is 4.79 Å². The number of rotatable bonds is 3. The average molecular weight is 242 g/mol. The van der Waals surface area contributed by atoms with Gasteiger partial charge in [-0.3, -0.25) is 4.79 Å². The fraction of sp³-hybridized carbons (Fsp3) is 0.400. The van der Waals surface area contributed by atoms with Gasteiger partial charge in [0.25, 0.3) is 0 Å². The molecule has 0 aliphatic carbocycles. The second kappa shape index (κ2) is 4.94. The average Bonchev–Trinajstić information content (AvgIpc) is 2.84. The van der Waals surface area contributed by atoms with Crippen LogP contribution in [-0.4, -0.2) is 23.9 Å². The number of Topliss-reactive ketones (excluding diaryl/α,β-unsaturated/α-hetero) is 1. The Morgan fingerprint density at radius 2 is 2.00 bits per heavy atom. The van der Waals surface area contributed by atoms with Gasteiger partial charge in [-0.1, -0.05) is 18.2 Å². The molecule has 1 aromatic carbocycles. The van der Waals surface area contributed by atoms with Gasteiger partial charge in [0, 0.05) is 17.3 Å².